The number of nitrogens with zero attached hydrogens (tertiary/aromatic N) is 2. The lowest BCUT2D eigenvalue weighted by Crippen LogP contribution is -2.47. The highest BCUT2D eigenvalue weighted by molar-refractivity contribution is 6.07. The van der Waals surface area contributed by atoms with Gasteiger partial charge in [-0.25, -0.2) is 4.79 Å². The number of fused-ring (bicyclic) bond motifs is 1. The second-order valence-corrected chi connectivity index (χ2v) is 6.29. The van der Waals surface area contributed by atoms with Crippen LogP contribution in [0.2, 0.25) is 0 Å². The van der Waals surface area contributed by atoms with Crippen molar-refractivity contribution >= 4 is 11.9 Å². The van der Waals surface area contributed by atoms with E-state index in [-0.39, 0.29) is 18.5 Å². The molecule has 3 amide bonds. The number of rotatable bonds is 2. The van der Waals surface area contributed by atoms with Crippen LogP contribution in [0.1, 0.15) is 22.3 Å². The minimum Gasteiger partial charge on any atom is -0.322 e. The highest BCUT2D eigenvalue weighted by Gasteiger charge is 2.53. The molecule has 2 aliphatic rings. The van der Waals surface area contributed by atoms with Crippen LogP contribution in [0.3, 0.4) is 0 Å². The first-order valence-electron chi connectivity index (χ1n) is 7.82. The van der Waals surface area contributed by atoms with Crippen molar-refractivity contribution in [3.8, 4) is 6.07 Å². The van der Waals surface area contributed by atoms with Crippen molar-refractivity contribution in [1.29, 1.82) is 5.26 Å². The maximum Gasteiger partial charge on any atom is 0.325 e. The van der Waals surface area contributed by atoms with Gasteiger partial charge in [-0.3, -0.25) is 9.69 Å². The molecule has 1 saturated heterocycles. The smallest absolute Gasteiger partial charge is 0.322 e. The highest BCUT2D eigenvalue weighted by atomic mass is 16.2. The van der Waals surface area contributed by atoms with Gasteiger partial charge in [0.1, 0.15) is 5.54 Å². The summed E-state index contributed by atoms with van der Waals surface area (Å²) in [6, 6.07) is 16.6. The number of hydrogen-bond donors (Lipinski definition) is 1. The molecule has 1 N–H and O–H groups in total. The number of nitriles is 1. The van der Waals surface area contributed by atoms with Crippen molar-refractivity contribution in [3.63, 3.8) is 0 Å². The van der Waals surface area contributed by atoms with E-state index in [2.05, 4.69) is 11.4 Å². The third kappa shape index (κ3) is 2.08. The summed E-state index contributed by atoms with van der Waals surface area (Å²) in [5, 5.41) is 12.1. The van der Waals surface area contributed by atoms with Crippen LogP contribution in [0.15, 0.2) is 48.5 Å². The third-order valence-corrected chi connectivity index (χ3v) is 4.82. The van der Waals surface area contributed by atoms with Gasteiger partial charge in [0.2, 0.25) is 0 Å². The van der Waals surface area contributed by atoms with Crippen LogP contribution in [0.5, 0.6) is 0 Å². The average Bonchev–Trinajstić information content (AvgIpc) is 3.07. The Balaban J connectivity index is 1.63. The SMILES string of the molecule is N#Cc1ccccc1CN1C(=O)NC2(Cc3ccccc3C2)C1=O. The van der Waals surface area contributed by atoms with Crippen LogP contribution >= 0.6 is 0 Å². The van der Waals surface area contributed by atoms with Gasteiger partial charge in [-0.05, 0) is 22.8 Å². The van der Waals surface area contributed by atoms with Crippen LogP contribution in [0, 0.1) is 11.3 Å². The maximum atomic E-state index is 13.0. The first kappa shape index (κ1) is 14.5. The summed E-state index contributed by atoms with van der Waals surface area (Å²) in [6.07, 6.45) is 1.04. The van der Waals surface area contributed by atoms with E-state index < -0.39 is 5.54 Å². The molecule has 118 valence electrons. The Hall–Kier alpha value is -3.13. The van der Waals surface area contributed by atoms with Gasteiger partial charge in [-0.15, -0.1) is 0 Å². The molecule has 1 fully saturated rings. The number of nitrogens with one attached hydrogen (secondary N) is 1. The van der Waals surface area contributed by atoms with Crippen LogP contribution in [-0.2, 0) is 24.2 Å². The third-order valence-electron chi connectivity index (χ3n) is 4.82. The molecular weight excluding hydrogens is 302 g/mol. The predicted octanol–water partition coefficient (Wildman–Crippen LogP) is 2.15. The lowest BCUT2D eigenvalue weighted by Gasteiger charge is -2.20. The van der Waals surface area contributed by atoms with Gasteiger partial charge in [0, 0.05) is 12.8 Å². The molecule has 5 nitrogen and oxygen atoms in total. The summed E-state index contributed by atoms with van der Waals surface area (Å²) in [5.74, 6) is -0.212. The first-order valence-corrected chi connectivity index (χ1v) is 7.82. The zero-order chi connectivity index (χ0) is 16.7. The summed E-state index contributed by atoms with van der Waals surface area (Å²) in [7, 11) is 0. The van der Waals surface area contributed by atoms with Gasteiger partial charge in [-0.2, -0.15) is 5.26 Å². The summed E-state index contributed by atoms with van der Waals surface area (Å²) >= 11 is 0. The fourth-order valence-electron chi connectivity index (χ4n) is 3.61. The molecule has 1 spiro atoms. The van der Waals surface area contributed by atoms with E-state index in [1.807, 2.05) is 24.3 Å². The molecule has 0 aromatic heterocycles. The molecule has 5 heteroatoms. The van der Waals surface area contributed by atoms with Crippen LogP contribution in [0.4, 0.5) is 4.79 Å². The van der Waals surface area contributed by atoms with E-state index in [9.17, 15) is 14.9 Å². The largest absolute Gasteiger partial charge is 0.325 e. The van der Waals surface area contributed by atoms with Crippen molar-refractivity contribution in [2.75, 3.05) is 0 Å². The molecule has 1 heterocycles. The van der Waals surface area contributed by atoms with Gasteiger partial charge in [-0.1, -0.05) is 42.5 Å². The van der Waals surface area contributed by atoms with Gasteiger partial charge in [0.25, 0.3) is 5.91 Å². The fourth-order valence-corrected chi connectivity index (χ4v) is 3.61. The molecule has 4 rings (SSSR count). The van der Waals surface area contributed by atoms with E-state index >= 15 is 0 Å². The summed E-state index contributed by atoms with van der Waals surface area (Å²) in [4.78, 5) is 26.6. The predicted molar refractivity (Wildman–Crippen MR) is 86.8 cm³/mol. The van der Waals surface area contributed by atoms with Crippen LogP contribution in [-0.4, -0.2) is 22.4 Å². The number of benzene rings is 2. The van der Waals surface area contributed by atoms with Crippen molar-refractivity contribution in [2.45, 2.75) is 24.9 Å². The first-order chi connectivity index (χ1) is 11.6. The van der Waals surface area contributed by atoms with E-state index in [1.54, 1.807) is 24.3 Å². The summed E-state index contributed by atoms with van der Waals surface area (Å²) in [5.41, 5.74) is 2.49. The van der Waals surface area contributed by atoms with E-state index in [0.717, 1.165) is 11.1 Å². The number of amides is 3. The van der Waals surface area contributed by atoms with Crippen molar-refractivity contribution in [3.05, 3.63) is 70.8 Å². The molecule has 2 aromatic rings. The standard InChI is InChI=1S/C19H15N3O2/c20-11-15-7-3-4-8-16(15)12-22-17(23)19(21-18(22)24)9-13-5-1-2-6-14(13)10-19/h1-8H,9-10,12H2,(H,21,24). The van der Waals surface area contributed by atoms with Crippen LogP contribution in [0.25, 0.3) is 0 Å². The second-order valence-electron chi connectivity index (χ2n) is 6.29. The monoisotopic (exact) mass is 317 g/mol. The molecule has 0 unspecified atom stereocenters. The Morgan fingerprint density at radius 2 is 1.67 bits per heavy atom. The zero-order valence-corrected chi connectivity index (χ0v) is 13.0. The molecule has 0 bridgehead atoms. The molecule has 1 aliphatic heterocycles. The van der Waals surface area contributed by atoms with Gasteiger partial charge >= 0.3 is 6.03 Å². The second kappa shape index (κ2) is 5.20. The Kier molecular flexibility index (Phi) is 3.14. The Labute approximate surface area is 139 Å². The van der Waals surface area contributed by atoms with Gasteiger partial charge < -0.3 is 5.32 Å². The van der Waals surface area contributed by atoms with Crippen molar-refractivity contribution < 1.29 is 9.59 Å². The van der Waals surface area contributed by atoms with Crippen molar-refractivity contribution in [1.82, 2.24) is 10.2 Å². The maximum absolute atomic E-state index is 13.0. The number of imide groups is 1. The summed E-state index contributed by atoms with van der Waals surface area (Å²) < 4.78 is 0. The molecule has 0 radical (unpaired) electrons. The molecular formula is C19H15N3O2. The van der Waals surface area contributed by atoms with Gasteiger partial charge in [0.15, 0.2) is 0 Å². The Morgan fingerprint density at radius 1 is 1.04 bits per heavy atom. The van der Waals surface area contributed by atoms with E-state index in [4.69, 9.17) is 0 Å². The van der Waals surface area contributed by atoms with Gasteiger partial charge in [0.05, 0.1) is 18.2 Å². The number of carbonyl (C=O) groups is 2. The average molecular weight is 317 g/mol. The Morgan fingerprint density at radius 3 is 2.33 bits per heavy atom. The number of carbonyl (C=O) groups excluding carboxylic acids is 2. The van der Waals surface area contributed by atoms with Crippen molar-refractivity contribution in [2.24, 2.45) is 0 Å². The lowest BCUT2D eigenvalue weighted by atomic mass is 9.95. The molecule has 2 aromatic carbocycles. The molecule has 24 heavy (non-hydrogen) atoms. The highest BCUT2D eigenvalue weighted by Crippen LogP contribution is 2.35. The molecule has 0 saturated carbocycles. The minimum absolute atomic E-state index is 0.118. The molecule has 1 aliphatic carbocycles. The van der Waals surface area contributed by atoms with E-state index in [0.29, 0.717) is 24.0 Å². The minimum atomic E-state index is -0.873. The number of hydrogen-bond acceptors (Lipinski definition) is 3. The van der Waals surface area contributed by atoms with E-state index in [1.165, 1.54) is 4.90 Å². The summed E-state index contributed by atoms with van der Waals surface area (Å²) in [6.45, 7) is 0.118. The zero-order valence-electron chi connectivity index (χ0n) is 13.0. The normalized spacial score (nSPS) is 17.7. The topological polar surface area (TPSA) is 73.2 Å². The lowest BCUT2D eigenvalue weighted by molar-refractivity contribution is -0.131. The Bertz CT molecular complexity index is 872. The quantitative estimate of drug-likeness (QED) is 0.863. The molecule has 0 atom stereocenters. The van der Waals surface area contributed by atoms with Crippen LogP contribution < -0.4 is 5.32 Å². The number of urea groups is 1. The fraction of sp³-hybridized carbons (Fsp3) is 0.211.